The molecular weight excluding hydrogens is 390 g/mol. The van der Waals surface area contributed by atoms with Gasteiger partial charge in [0.2, 0.25) is 0 Å². The fraction of sp³-hybridized carbons (Fsp3) is 0.600. The molecule has 1 aliphatic heterocycles. The van der Waals surface area contributed by atoms with Crippen LogP contribution in [0.2, 0.25) is 0 Å². The van der Waals surface area contributed by atoms with Crippen LogP contribution in [0, 0.1) is 0 Å². The summed E-state index contributed by atoms with van der Waals surface area (Å²) in [4.78, 5) is 12.5. The Kier molecular flexibility index (Phi) is 4.64. The van der Waals surface area contributed by atoms with Gasteiger partial charge in [0.1, 0.15) is 5.82 Å². The third-order valence-corrected chi connectivity index (χ3v) is 7.94. The number of hydrogen-bond donors (Lipinski definition) is 1. The van der Waals surface area contributed by atoms with E-state index in [9.17, 15) is 13.2 Å². The molecule has 1 fully saturated rings. The molecule has 1 saturated carbocycles. The predicted octanol–water partition coefficient (Wildman–Crippen LogP) is 1.59. The maximum atomic E-state index is 12.5. The van der Waals surface area contributed by atoms with Crippen molar-refractivity contribution in [3.63, 3.8) is 0 Å². The average molecular weight is 416 g/mol. The van der Waals surface area contributed by atoms with E-state index < -0.39 is 9.84 Å². The molecule has 29 heavy (non-hydrogen) atoms. The van der Waals surface area contributed by atoms with E-state index in [1.54, 1.807) is 10.7 Å². The lowest BCUT2D eigenvalue weighted by molar-refractivity contribution is 0.301. The first-order chi connectivity index (χ1) is 14.0. The van der Waals surface area contributed by atoms with Crippen molar-refractivity contribution in [1.82, 2.24) is 20.0 Å². The van der Waals surface area contributed by atoms with Crippen LogP contribution in [0.5, 0.6) is 0 Å². The quantitative estimate of drug-likeness (QED) is 0.811. The van der Waals surface area contributed by atoms with Crippen molar-refractivity contribution in [2.75, 3.05) is 11.1 Å². The first kappa shape index (κ1) is 18.7. The van der Waals surface area contributed by atoms with Crippen molar-refractivity contribution in [3.05, 3.63) is 45.0 Å². The van der Waals surface area contributed by atoms with Gasteiger partial charge in [-0.2, -0.15) is 10.2 Å². The van der Waals surface area contributed by atoms with Crippen LogP contribution in [0.15, 0.2) is 16.9 Å². The molecule has 0 unspecified atom stereocenters. The molecule has 0 atom stereocenters. The number of sulfone groups is 1. The van der Waals surface area contributed by atoms with Gasteiger partial charge in [-0.05, 0) is 62.1 Å². The van der Waals surface area contributed by atoms with Gasteiger partial charge in [0.15, 0.2) is 9.84 Å². The van der Waals surface area contributed by atoms with E-state index >= 15 is 0 Å². The van der Waals surface area contributed by atoms with Crippen LogP contribution in [0.3, 0.4) is 0 Å². The summed E-state index contributed by atoms with van der Waals surface area (Å²) in [5, 5.41) is 16.5. The lowest BCUT2D eigenvalue weighted by Crippen LogP contribution is -2.34. The molecule has 9 heteroatoms. The summed E-state index contributed by atoms with van der Waals surface area (Å²) in [5.41, 5.74) is 3.77. The maximum absolute atomic E-state index is 12.5. The zero-order chi connectivity index (χ0) is 20.0. The second-order valence-electron chi connectivity index (χ2n) is 8.45. The van der Waals surface area contributed by atoms with Crippen molar-refractivity contribution >= 4 is 15.7 Å². The molecule has 3 heterocycles. The van der Waals surface area contributed by atoms with Crippen molar-refractivity contribution in [2.24, 2.45) is 0 Å². The molecule has 0 radical (unpaired) electrons. The van der Waals surface area contributed by atoms with Crippen LogP contribution in [-0.2, 0) is 34.9 Å². The van der Waals surface area contributed by atoms with E-state index in [1.165, 1.54) is 0 Å². The minimum atomic E-state index is -3.03. The molecular formula is C20H25N5O3S. The molecule has 0 bridgehead atoms. The lowest BCUT2D eigenvalue weighted by atomic mass is 9.91. The fourth-order valence-corrected chi connectivity index (χ4v) is 6.15. The lowest BCUT2D eigenvalue weighted by Gasteiger charge is -2.30. The standard InChI is InChI=1S/C20H25N5O3S/c26-20-11-13-2-1-3-18(13)24-25(20)16-6-4-15(5-7-16)21-19-10-14-12-29(27,28)9-8-17(14)22-23-19/h10-11,15-16H,1-9,12H2,(H,21,23). The molecule has 0 amide bonds. The number of anilines is 1. The predicted molar refractivity (Wildman–Crippen MR) is 109 cm³/mol. The van der Waals surface area contributed by atoms with E-state index in [-0.39, 0.29) is 29.1 Å². The number of rotatable bonds is 3. The second kappa shape index (κ2) is 7.19. The number of aromatic nitrogens is 4. The molecule has 2 aromatic rings. The Morgan fingerprint density at radius 3 is 2.62 bits per heavy atom. The molecule has 154 valence electrons. The minimum Gasteiger partial charge on any atom is -0.366 e. The molecule has 0 spiro atoms. The SMILES string of the molecule is O=c1cc2c(nn1C1CCC(Nc3cc4c(nn3)CCS(=O)(=O)C4)CC1)CCC2. The summed E-state index contributed by atoms with van der Waals surface area (Å²) < 4.78 is 25.5. The monoisotopic (exact) mass is 415 g/mol. The number of nitrogens with one attached hydrogen (secondary N) is 1. The van der Waals surface area contributed by atoms with E-state index in [0.717, 1.165) is 67.5 Å². The Labute approximate surface area is 169 Å². The van der Waals surface area contributed by atoms with Gasteiger partial charge >= 0.3 is 0 Å². The van der Waals surface area contributed by atoms with Gasteiger partial charge in [0.25, 0.3) is 5.56 Å². The highest BCUT2D eigenvalue weighted by atomic mass is 32.2. The molecule has 0 saturated heterocycles. The van der Waals surface area contributed by atoms with E-state index in [2.05, 4.69) is 20.6 Å². The van der Waals surface area contributed by atoms with Gasteiger partial charge in [-0.1, -0.05) is 0 Å². The number of aryl methyl sites for hydroxylation is 3. The van der Waals surface area contributed by atoms with E-state index in [4.69, 9.17) is 0 Å². The van der Waals surface area contributed by atoms with Crippen LogP contribution in [0.4, 0.5) is 5.82 Å². The molecule has 1 N–H and O–H groups in total. The Morgan fingerprint density at radius 2 is 1.79 bits per heavy atom. The van der Waals surface area contributed by atoms with Crippen molar-refractivity contribution < 1.29 is 8.42 Å². The highest BCUT2D eigenvalue weighted by Crippen LogP contribution is 2.30. The first-order valence-electron chi connectivity index (χ1n) is 10.4. The first-order valence-corrected chi connectivity index (χ1v) is 12.2. The normalized spacial score (nSPS) is 25.2. The van der Waals surface area contributed by atoms with E-state index in [0.29, 0.717) is 12.2 Å². The van der Waals surface area contributed by atoms with Crippen LogP contribution >= 0.6 is 0 Å². The summed E-state index contributed by atoms with van der Waals surface area (Å²) in [7, 11) is -3.03. The van der Waals surface area contributed by atoms with Gasteiger partial charge in [0.05, 0.1) is 28.9 Å². The fourth-order valence-electron chi connectivity index (χ4n) is 4.77. The third kappa shape index (κ3) is 3.80. The topological polar surface area (TPSA) is 107 Å². The Bertz CT molecular complexity index is 1100. The minimum absolute atomic E-state index is 0.0174. The molecule has 3 aliphatic rings. The van der Waals surface area contributed by atoms with Crippen LogP contribution < -0.4 is 10.9 Å². The smallest absolute Gasteiger partial charge is 0.267 e. The Balaban J connectivity index is 1.25. The Hall–Kier alpha value is -2.29. The Morgan fingerprint density at radius 1 is 0.966 bits per heavy atom. The molecule has 0 aromatic carbocycles. The highest BCUT2D eigenvalue weighted by molar-refractivity contribution is 7.90. The summed E-state index contributed by atoms with van der Waals surface area (Å²) in [6.07, 6.45) is 7.06. The number of nitrogens with zero attached hydrogens (tertiary/aromatic N) is 4. The summed E-state index contributed by atoms with van der Waals surface area (Å²) in [5.74, 6) is 0.838. The van der Waals surface area contributed by atoms with Gasteiger partial charge in [-0.15, -0.1) is 5.10 Å². The van der Waals surface area contributed by atoms with Crippen LogP contribution in [0.25, 0.3) is 0 Å². The third-order valence-electron chi connectivity index (χ3n) is 6.36. The molecule has 2 aliphatic carbocycles. The van der Waals surface area contributed by atoms with E-state index in [1.807, 2.05) is 6.07 Å². The molecule has 5 rings (SSSR count). The van der Waals surface area contributed by atoms with Gasteiger partial charge in [-0.25, -0.2) is 13.1 Å². The van der Waals surface area contributed by atoms with Crippen molar-refractivity contribution in [3.8, 4) is 0 Å². The van der Waals surface area contributed by atoms with Crippen LogP contribution in [-0.4, -0.2) is 40.2 Å². The highest BCUT2D eigenvalue weighted by Gasteiger charge is 2.27. The zero-order valence-corrected chi connectivity index (χ0v) is 17.1. The number of fused-ring (bicyclic) bond motifs is 2. The number of hydrogen-bond acceptors (Lipinski definition) is 7. The van der Waals surface area contributed by atoms with Crippen molar-refractivity contribution in [1.29, 1.82) is 0 Å². The van der Waals surface area contributed by atoms with Gasteiger partial charge in [0, 0.05) is 18.5 Å². The molecule has 2 aromatic heterocycles. The van der Waals surface area contributed by atoms with Gasteiger partial charge in [-0.3, -0.25) is 4.79 Å². The average Bonchev–Trinajstić information content (AvgIpc) is 3.14. The zero-order valence-electron chi connectivity index (χ0n) is 16.3. The molecule has 8 nitrogen and oxygen atoms in total. The van der Waals surface area contributed by atoms with Crippen LogP contribution in [0.1, 0.15) is 60.7 Å². The second-order valence-corrected chi connectivity index (χ2v) is 10.6. The maximum Gasteiger partial charge on any atom is 0.267 e. The summed E-state index contributed by atoms with van der Waals surface area (Å²) >= 11 is 0. The van der Waals surface area contributed by atoms with Gasteiger partial charge < -0.3 is 5.32 Å². The summed E-state index contributed by atoms with van der Waals surface area (Å²) in [6, 6.07) is 3.99. The summed E-state index contributed by atoms with van der Waals surface area (Å²) in [6.45, 7) is 0. The van der Waals surface area contributed by atoms with Crippen molar-refractivity contribution in [2.45, 2.75) is 69.2 Å². The largest absolute Gasteiger partial charge is 0.366 e.